The average Bonchev–Trinajstić information content (AvgIpc) is 3.13. The van der Waals surface area contributed by atoms with Crippen LogP contribution in [0.4, 0.5) is 29.2 Å². The van der Waals surface area contributed by atoms with Gasteiger partial charge in [0.15, 0.2) is 0 Å². The Balaban J connectivity index is 1.09. The zero-order valence-electron chi connectivity index (χ0n) is 26.5. The van der Waals surface area contributed by atoms with E-state index < -0.39 is 5.97 Å². The van der Waals surface area contributed by atoms with Gasteiger partial charge in [-0.2, -0.15) is 15.0 Å². The largest absolute Gasteiger partial charge is 0.508 e. The van der Waals surface area contributed by atoms with Crippen LogP contribution in [-0.4, -0.2) is 76.4 Å². The number of aromatic nitrogens is 4. The summed E-state index contributed by atoms with van der Waals surface area (Å²) in [7, 11) is 0. The molecule has 5 N–H and O–H groups in total. The first-order valence-corrected chi connectivity index (χ1v) is 15.5. The minimum atomic E-state index is -0.448. The van der Waals surface area contributed by atoms with Crippen molar-refractivity contribution in [1.82, 2.24) is 25.3 Å². The van der Waals surface area contributed by atoms with Crippen molar-refractivity contribution >= 4 is 41.1 Å². The predicted octanol–water partition coefficient (Wildman–Crippen LogP) is 4.69. The number of esters is 1. The lowest BCUT2D eigenvalue weighted by molar-refractivity contribution is 0.0472. The maximum atomic E-state index is 12.5. The van der Waals surface area contributed by atoms with E-state index in [2.05, 4.69) is 41.2 Å². The lowest BCUT2D eigenvalue weighted by Gasteiger charge is -2.12. The highest BCUT2D eigenvalue weighted by Crippen LogP contribution is 2.21. The van der Waals surface area contributed by atoms with Gasteiger partial charge in [0, 0.05) is 42.4 Å². The topological polar surface area (TPSA) is 182 Å². The van der Waals surface area contributed by atoms with Crippen molar-refractivity contribution in [2.24, 2.45) is 0 Å². The zero-order valence-corrected chi connectivity index (χ0v) is 26.5. The molecule has 252 valence electrons. The van der Waals surface area contributed by atoms with Crippen molar-refractivity contribution in [3.8, 4) is 5.75 Å². The summed E-state index contributed by atoms with van der Waals surface area (Å²) < 4.78 is 16.6. The van der Waals surface area contributed by atoms with Gasteiger partial charge in [0.2, 0.25) is 17.8 Å². The number of ether oxygens (including phenoxy) is 3. The maximum absolute atomic E-state index is 12.5. The molecule has 0 aliphatic rings. The van der Waals surface area contributed by atoms with Crippen molar-refractivity contribution in [3.63, 3.8) is 0 Å². The van der Waals surface area contributed by atoms with Crippen LogP contribution in [0.3, 0.4) is 0 Å². The van der Waals surface area contributed by atoms with Gasteiger partial charge in [-0.05, 0) is 78.4 Å². The summed E-state index contributed by atoms with van der Waals surface area (Å²) in [5.41, 5.74) is 3.15. The second-order valence-corrected chi connectivity index (χ2v) is 10.4. The first kappa shape index (κ1) is 34.2. The van der Waals surface area contributed by atoms with Crippen molar-refractivity contribution < 1.29 is 28.9 Å². The normalized spacial score (nSPS) is 10.6. The van der Waals surface area contributed by atoms with Crippen LogP contribution in [0.15, 0.2) is 103 Å². The molecule has 49 heavy (non-hydrogen) atoms. The summed E-state index contributed by atoms with van der Waals surface area (Å²) >= 11 is 0. The Morgan fingerprint density at radius 2 is 1.22 bits per heavy atom. The van der Waals surface area contributed by atoms with Gasteiger partial charge >= 0.3 is 5.97 Å². The molecule has 0 bridgehead atoms. The molecule has 14 nitrogen and oxygen atoms in total. The zero-order chi connectivity index (χ0) is 34.1. The molecule has 2 heterocycles. The molecular weight excluding hydrogens is 628 g/mol. The Hall–Kier alpha value is -6.12. The highest BCUT2D eigenvalue weighted by molar-refractivity contribution is 5.94. The third-order valence-electron chi connectivity index (χ3n) is 6.72. The lowest BCUT2D eigenvalue weighted by atomic mass is 10.2. The molecule has 0 saturated heterocycles. The number of amides is 1. The van der Waals surface area contributed by atoms with E-state index >= 15 is 0 Å². The summed E-state index contributed by atoms with van der Waals surface area (Å²) in [6, 6.07) is 25.8. The molecule has 0 unspecified atom stereocenters. The number of hydrogen-bond donors (Lipinski definition) is 5. The monoisotopic (exact) mass is 664 g/mol. The minimum absolute atomic E-state index is 0.135. The van der Waals surface area contributed by atoms with Crippen molar-refractivity contribution in [3.05, 3.63) is 120 Å². The number of rotatable bonds is 18. The Morgan fingerprint density at radius 3 is 1.88 bits per heavy atom. The summed E-state index contributed by atoms with van der Waals surface area (Å²) in [5.74, 6) is 0.352. The molecule has 5 aromatic rings. The van der Waals surface area contributed by atoms with E-state index in [0.29, 0.717) is 68.0 Å². The molecule has 0 atom stereocenters. The van der Waals surface area contributed by atoms with Gasteiger partial charge in [0.25, 0.3) is 5.91 Å². The fraction of sp³-hybridized carbons (Fsp3) is 0.200. The van der Waals surface area contributed by atoms with Crippen LogP contribution >= 0.6 is 0 Å². The molecule has 5 rings (SSSR count). The van der Waals surface area contributed by atoms with Gasteiger partial charge in [-0.3, -0.25) is 9.78 Å². The van der Waals surface area contributed by atoms with E-state index in [-0.39, 0.29) is 30.2 Å². The lowest BCUT2D eigenvalue weighted by Crippen LogP contribution is -2.27. The number of nitrogens with one attached hydrogen (secondary N) is 4. The van der Waals surface area contributed by atoms with Crippen LogP contribution in [0.2, 0.25) is 0 Å². The number of hydrogen-bond acceptors (Lipinski definition) is 13. The van der Waals surface area contributed by atoms with Crippen molar-refractivity contribution in [2.75, 3.05) is 55.5 Å². The number of benzene rings is 3. The molecular formula is C35H36N8O6. The summed E-state index contributed by atoms with van der Waals surface area (Å²) in [6.45, 7) is 2.44. The van der Waals surface area contributed by atoms with Crippen molar-refractivity contribution in [1.29, 1.82) is 0 Å². The second-order valence-electron chi connectivity index (χ2n) is 10.4. The number of carbonyl (C=O) groups is 2. The van der Waals surface area contributed by atoms with E-state index in [1.807, 2.05) is 18.2 Å². The number of carbonyl (C=O) groups excluding carboxylic acids is 2. The van der Waals surface area contributed by atoms with Crippen LogP contribution < -0.4 is 21.3 Å². The maximum Gasteiger partial charge on any atom is 0.338 e. The molecule has 0 radical (unpaired) electrons. The van der Waals surface area contributed by atoms with E-state index in [0.717, 1.165) is 5.56 Å². The molecule has 0 fully saturated rings. The van der Waals surface area contributed by atoms with Gasteiger partial charge in [-0.1, -0.05) is 18.2 Å². The van der Waals surface area contributed by atoms with Gasteiger partial charge in [-0.25, -0.2) is 4.79 Å². The second kappa shape index (κ2) is 18.3. The quantitative estimate of drug-likeness (QED) is 0.0495. The summed E-state index contributed by atoms with van der Waals surface area (Å²) in [5, 5.41) is 21.8. The van der Waals surface area contributed by atoms with E-state index in [9.17, 15) is 14.7 Å². The molecule has 2 aromatic heterocycles. The third-order valence-corrected chi connectivity index (χ3v) is 6.72. The molecule has 14 heteroatoms. The number of phenolic OH excluding ortho intramolecular Hbond substituents is 1. The molecule has 0 saturated carbocycles. The Kier molecular flexibility index (Phi) is 12.8. The fourth-order valence-electron chi connectivity index (χ4n) is 4.26. The van der Waals surface area contributed by atoms with Crippen LogP contribution in [-0.2, 0) is 20.8 Å². The molecule has 0 aliphatic heterocycles. The van der Waals surface area contributed by atoms with Gasteiger partial charge < -0.3 is 40.6 Å². The van der Waals surface area contributed by atoms with E-state index in [1.54, 1.807) is 85.2 Å². The van der Waals surface area contributed by atoms with Crippen LogP contribution in [0.25, 0.3) is 0 Å². The highest BCUT2D eigenvalue weighted by Gasteiger charge is 2.11. The number of nitrogens with zero attached hydrogens (tertiary/aromatic N) is 4. The number of anilines is 5. The SMILES string of the molecule is O=C(NCCOCCOCCNc1nc(Nc2ccc(O)cc2)nc(Nc2ccc(C(=O)OCc3ccncc3)cc2)n1)c1ccccc1. The van der Waals surface area contributed by atoms with Gasteiger partial charge in [-0.15, -0.1) is 0 Å². The minimum Gasteiger partial charge on any atom is -0.508 e. The van der Waals surface area contributed by atoms with Crippen molar-refractivity contribution in [2.45, 2.75) is 6.61 Å². The highest BCUT2D eigenvalue weighted by atomic mass is 16.5. The average molecular weight is 665 g/mol. The van der Waals surface area contributed by atoms with Gasteiger partial charge in [0.1, 0.15) is 12.4 Å². The van der Waals surface area contributed by atoms with Crippen LogP contribution in [0, 0.1) is 0 Å². The van der Waals surface area contributed by atoms with E-state index in [1.165, 1.54) is 0 Å². The van der Waals surface area contributed by atoms with Crippen LogP contribution in [0.1, 0.15) is 26.3 Å². The molecule has 3 aromatic carbocycles. The first-order chi connectivity index (χ1) is 24.0. The molecule has 0 spiro atoms. The van der Waals surface area contributed by atoms with E-state index in [4.69, 9.17) is 14.2 Å². The fourth-order valence-corrected chi connectivity index (χ4v) is 4.26. The van der Waals surface area contributed by atoms with Crippen LogP contribution in [0.5, 0.6) is 5.75 Å². The number of aromatic hydroxyl groups is 1. The Labute approximate surface area is 282 Å². The summed E-state index contributed by atoms with van der Waals surface area (Å²) in [4.78, 5) is 41.9. The third kappa shape index (κ3) is 11.6. The smallest absolute Gasteiger partial charge is 0.338 e. The standard InChI is InChI=1S/C35H36N8O6/c44-30-12-10-29(11-13-30)40-35-42-33(38-19-21-48-23-22-47-20-18-37-31(45)26-4-2-1-3-5-26)41-34(43-35)39-28-8-6-27(7-9-28)32(46)49-24-25-14-16-36-17-15-25/h1-17,44H,18-24H2,(H,37,45)(H3,38,39,40,41,42,43). The predicted molar refractivity (Wildman–Crippen MR) is 183 cm³/mol. The number of phenols is 1. The Bertz CT molecular complexity index is 1760. The summed E-state index contributed by atoms with van der Waals surface area (Å²) in [6.07, 6.45) is 3.28. The first-order valence-electron chi connectivity index (χ1n) is 15.5. The number of pyridine rings is 1. The Morgan fingerprint density at radius 1 is 0.633 bits per heavy atom. The molecule has 1 amide bonds. The molecule has 0 aliphatic carbocycles. The van der Waals surface area contributed by atoms with Gasteiger partial charge in [0.05, 0.1) is 32.0 Å².